The fraction of sp³-hybridized carbons (Fsp3) is 0.222. The third-order valence-corrected chi connectivity index (χ3v) is 3.32. The van der Waals surface area contributed by atoms with Crippen LogP contribution in [0.15, 0.2) is 54.6 Å². The van der Waals surface area contributed by atoms with Gasteiger partial charge in [-0.2, -0.15) is 0 Å². The summed E-state index contributed by atoms with van der Waals surface area (Å²) < 4.78 is 5.82. The van der Waals surface area contributed by atoms with Crippen molar-refractivity contribution in [3.63, 3.8) is 0 Å². The summed E-state index contributed by atoms with van der Waals surface area (Å²) in [5.74, 6) is 0.731. The minimum Gasteiger partial charge on any atom is -0.488 e. The molecule has 0 aliphatic rings. The lowest BCUT2D eigenvalue weighted by atomic mass is 10.1. The quantitative estimate of drug-likeness (QED) is 0.862. The molecule has 110 valence electrons. The minimum absolute atomic E-state index is 0.0747. The van der Waals surface area contributed by atoms with E-state index in [4.69, 9.17) is 22.1 Å². The van der Waals surface area contributed by atoms with Crippen LogP contribution in [0.4, 0.5) is 0 Å². The maximum atomic E-state index is 6.22. The standard InChI is InChI=1S/C18H20ClNO/c1-14(20)13-16-10-5-11-17(19)18(16)21-12-6-9-15-7-3-2-4-8-15/h2-11,14H,12-13,20H2,1H3/b9-6+. The Morgan fingerprint density at radius 2 is 1.90 bits per heavy atom. The van der Waals surface area contributed by atoms with Crippen molar-refractivity contribution < 1.29 is 4.74 Å². The van der Waals surface area contributed by atoms with Gasteiger partial charge in [0.2, 0.25) is 0 Å². The molecule has 0 bridgehead atoms. The molecule has 2 N–H and O–H groups in total. The van der Waals surface area contributed by atoms with Crippen LogP contribution in [0.5, 0.6) is 5.75 Å². The second-order valence-corrected chi connectivity index (χ2v) is 5.44. The predicted octanol–water partition coefficient (Wildman–Crippen LogP) is 4.32. The van der Waals surface area contributed by atoms with Crippen LogP contribution in [0.3, 0.4) is 0 Å². The van der Waals surface area contributed by atoms with Crippen molar-refractivity contribution in [1.29, 1.82) is 0 Å². The van der Waals surface area contributed by atoms with E-state index in [9.17, 15) is 0 Å². The zero-order valence-corrected chi connectivity index (χ0v) is 12.9. The highest BCUT2D eigenvalue weighted by Gasteiger charge is 2.09. The third-order valence-electron chi connectivity index (χ3n) is 3.02. The summed E-state index contributed by atoms with van der Waals surface area (Å²) in [5, 5.41) is 0.626. The van der Waals surface area contributed by atoms with Crippen LogP contribution in [0, 0.1) is 0 Å². The van der Waals surface area contributed by atoms with Gasteiger partial charge in [0.1, 0.15) is 12.4 Å². The van der Waals surface area contributed by atoms with Crippen molar-refractivity contribution in [2.24, 2.45) is 5.73 Å². The van der Waals surface area contributed by atoms with Crippen LogP contribution in [0.1, 0.15) is 18.1 Å². The molecule has 0 saturated heterocycles. The summed E-state index contributed by atoms with van der Waals surface area (Å²) in [6.07, 6.45) is 4.76. The highest BCUT2D eigenvalue weighted by atomic mass is 35.5. The van der Waals surface area contributed by atoms with Crippen LogP contribution in [0.2, 0.25) is 5.02 Å². The van der Waals surface area contributed by atoms with Gasteiger partial charge in [-0.15, -0.1) is 0 Å². The van der Waals surface area contributed by atoms with Crippen molar-refractivity contribution in [1.82, 2.24) is 0 Å². The van der Waals surface area contributed by atoms with Gasteiger partial charge in [-0.25, -0.2) is 0 Å². The van der Waals surface area contributed by atoms with E-state index in [1.807, 2.05) is 67.6 Å². The summed E-state index contributed by atoms with van der Waals surface area (Å²) in [6, 6.07) is 16.0. The number of ether oxygens (including phenoxy) is 1. The molecule has 2 aromatic rings. The molecular weight excluding hydrogens is 282 g/mol. The molecule has 2 nitrogen and oxygen atoms in total. The van der Waals surface area contributed by atoms with Gasteiger partial charge in [-0.1, -0.05) is 60.1 Å². The molecular formula is C18H20ClNO. The molecule has 0 saturated carbocycles. The molecule has 0 aliphatic heterocycles. The first kappa shape index (κ1) is 15.6. The van der Waals surface area contributed by atoms with Gasteiger partial charge >= 0.3 is 0 Å². The monoisotopic (exact) mass is 301 g/mol. The summed E-state index contributed by atoms with van der Waals surface area (Å²) in [4.78, 5) is 0. The van der Waals surface area contributed by atoms with Gasteiger partial charge in [0.25, 0.3) is 0 Å². The maximum absolute atomic E-state index is 6.22. The summed E-state index contributed by atoms with van der Waals surface area (Å²) in [5.41, 5.74) is 8.06. The van der Waals surface area contributed by atoms with Crippen LogP contribution < -0.4 is 10.5 Å². The Labute approximate surface area is 131 Å². The molecule has 0 aliphatic carbocycles. The number of nitrogens with two attached hydrogens (primary N) is 1. The third kappa shape index (κ3) is 4.92. The van der Waals surface area contributed by atoms with Crippen molar-refractivity contribution >= 4 is 17.7 Å². The van der Waals surface area contributed by atoms with E-state index in [2.05, 4.69) is 0 Å². The molecule has 0 fully saturated rings. The lowest BCUT2D eigenvalue weighted by Gasteiger charge is -2.13. The van der Waals surface area contributed by atoms with Gasteiger partial charge < -0.3 is 10.5 Å². The molecule has 2 rings (SSSR count). The average Bonchev–Trinajstić information content (AvgIpc) is 2.46. The molecule has 0 aromatic heterocycles. The van der Waals surface area contributed by atoms with Crippen molar-refractivity contribution in [2.45, 2.75) is 19.4 Å². The first-order chi connectivity index (χ1) is 10.2. The zero-order chi connectivity index (χ0) is 15.1. The van der Waals surface area contributed by atoms with E-state index < -0.39 is 0 Å². The molecule has 3 heteroatoms. The average molecular weight is 302 g/mol. The Balaban J connectivity index is 2.01. The Kier molecular flexibility index (Phi) is 5.85. The van der Waals surface area contributed by atoms with E-state index in [1.54, 1.807) is 0 Å². The SMILES string of the molecule is CC(N)Cc1cccc(Cl)c1OC/C=C/c1ccccc1. The summed E-state index contributed by atoms with van der Waals surface area (Å²) in [7, 11) is 0. The number of hydrogen-bond acceptors (Lipinski definition) is 2. The highest BCUT2D eigenvalue weighted by molar-refractivity contribution is 6.32. The zero-order valence-electron chi connectivity index (χ0n) is 12.1. The molecule has 0 amide bonds. The molecule has 0 radical (unpaired) electrons. The van der Waals surface area contributed by atoms with Crippen molar-refractivity contribution in [3.8, 4) is 5.75 Å². The molecule has 0 spiro atoms. The van der Waals surface area contributed by atoms with E-state index in [0.29, 0.717) is 11.6 Å². The van der Waals surface area contributed by atoms with Crippen molar-refractivity contribution in [2.75, 3.05) is 6.61 Å². The fourth-order valence-electron chi connectivity index (χ4n) is 2.10. The molecule has 1 unspecified atom stereocenters. The topological polar surface area (TPSA) is 35.2 Å². The van der Waals surface area contributed by atoms with Gasteiger partial charge in [0, 0.05) is 6.04 Å². The van der Waals surface area contributed by atoms with E-state index >= 15 is 0 Å². The summed E-state index contributed by atoms with van der Waals surface area (Å²) >= 11 is 6.22. The van der Waals surface area contributed by atoms with Gasteiger partial charge in [0.15, 0.2) is 0 Å². The second-order valence-electron chi connectivity index (χ2n) is 5.03. The normalized spacial score (nSPS) is 12.5. The Morgan fingerprint density at radius 1 is 1.14 bits per heavy atom. The van der Waals surface area contributed by atoms with Crippen LogP contribution in [-0.2, 0) is 6.42 Å². The highest BCUT2D eigenvalue weighted by Crippen LogP contribution is 2.29. The molecule has 2 aromatic carbocycles. The first-order valence-corrected chi connectivity index (χ1v) is 7.42. The van der Waals surface area contributed by atoms with Crippen LogP contribution in [0.25, 0.3) is 6.08 Å². The maximum Gasteiger partial charge on any atom is 0.141 e. The first-order valence-electron chi connectivity index (χ1n) is 7.04. The van der Waals surface area contributed by atoms with Gasteiger partial charge in [-0.3, -0.25) is 0 Å². The lowest BCUT2D eigenvalue weighted by Crippen LogP contribution is -2.18. The van der Waals surface area contributed by atoms with E-state index in [-0.39, 0.29) is 6.04 Å². The Morgan fingerprint density at radius 3 is 2.62 bits per heavy atom. The number of benzene rings is 2. The van der Waals surface area contributed by atoms with E-state index in [0.717, 1.165) is 23.3 Å². The number of rotatable bonds is 6. The Hall–Kier alpha value is -1.77. The van der Waals surface area contributed by atoms with Crippen molar-refractivity contribution in [3.05, 3.63) is 70.8 Å². The molecule has 1 atom stereocenters. The largest absolute Gasteiger partial charge is 0.488 e. The van der Waals surface area contributed by atoms with Gasteiger partial charge in [0.05, 0.1) is 5.02 Å². The summed E-state index contributed by atoms with van der Waals surface area (Å²) in [6.45, 7) is 2.45. The van der Waals surface area contributed by atoms with Crippen LogP contribution in [-0.4, -0.2) is 12.6 Å². The second kappa shape index (κ2) is 7.87. The fourth-order valence-corrected chi connectivity index (χ4v) is 2.35. The molecule has 0 heterocycles. The Bertz CT molecular complexity index is 593. The lowest BCUT2D eigenvalue weighted by molar-refractivity contribution is 0.359. The smallest absolute Gasteiger partial charge is 0.141 e. The minimum atomic E-state index is 0.0747. The predicted molar refractivity (Wildman–Crippen MR) is 89.8 cm³/mol. The number of hydrogen-bond donors (Lipinski definition) is 1. The van der Waals surface area contributed by atoms with Crippen LogP contribution >= 0.6 is 11.6 Å². The van der Waals surface area contributed by atoms with E-state index in [1.165, 1.54) is 0 Å². The number of para-hydroxylation sites is 1. The van der Waals surface area contributed by atoms with Gasteiger partial charge in [-0.05, 0) is 36.6 Å². The number of halogens is 1. The molecule has 21 heavy (non-hydrogen) atoms.